The molecule has 1 heteroatoms. The first kappa shape index (κ1) is 6.41. The van der Waals surface area contributed by atoms with Crippen molar-refractivity contribution in [3.63, 3.8) is 0 Å². The van der Waals surface area contributed by atoms with Crippen molar-refractivity contribution in [2.45, 2.75) is 19.8 Å². The Bertz CT molecular complexity index is 355. The van der Waals surface area contributed by atoms with Crippen LogP contribution >= 0.6 is 0 Å². The molecule has 0 radical (unpaired) electrons. The number of rotatable bonds is 0. The second kappa shape index (κ2) is 2.74. The van der Waals surface area contributed by atoms with Crippen LogP contribution in [0, 0.1) is 5.89 Å². The van der Waals surface area contributed by atoms with Gasteiger partial charge in [-0.2, -0.15) is 0 Å². The van der Waals surface area contributed by atoms with E-state index in [1.807, 2.05) is 24.3 Å². The molecule has 0 heterocycles. The van der Waals surface area contributed by atoms with E-state index in [4.69, 9.17) is 1.37 Å². The van der Waals surface area contributed by atoms with Gasteiger partial charge in [-0.25, -0.2) is 0 Å². The molecule has 0 N–H and O–H groups in total. The summed E-state index contributed by atoms with van der Waals surface area (Å²) in [5, 5.41) is 0. The van der Waals surface area contributed by atoms with E-state index >= 15 is 0 Å². The molecular weight excluding hydrogens is 148 g/mol. The highest BCUT2D eigenvalue weighted by atomic mass is 16.1. The van der Waals surface area contributed by atoms with Crippen molar-refractivity contribution in [2.75, 3.05) is 0 Å². The lowest BCUT2D eigenvalue weighted by molar-refractivity contribution is 0.0913. The molecule has 0 amide bonds. The number of ketones is 1. The van der Waals surface area contributed by atoms with Crippen LogP contribution in [0.3, 0.4) is 0 Å². The van der Waals surface area contributed by atoms with E-state index in [0.29, 0.717) is 6.42 Å². The standard InChI is InChI=1S/C11H12O/c1-8-6-7-9-4-2-3-5-10(9)11(8)12/h2-5,8H,6-7H2,1H3/i8D. The van der Waals surface area contributed by atoms with Gasteiger partial charge in [-0.1, -0.05) is 31.2 Å². The van der Waals surface area contributed by atoms with E-state index in [0.717, 1.165) is 17.5 Å². The molecule has 0 fully saturated rings. The van der Waals surface area contributed by atoms with Crippen LogP contribution in [0.5, 0.6) is 0 Å². The Morgan fingerprint density at radius 3 is 3.08 bits per heavy atom. The van der Waals surface area contributed by atoms with Gasteiger partial charge in [-0.3, -0.25) is 4.79 Å². The first-order valence-electron chi connectivity index (χ1n) is 4.74. The maximum absolute atomic E-state index is 11.8. The van der Waals surface area contributed by atoms with E-state index in [-0.39, 0.29) is 5.78 Å². The second-order valence-corrected chi connectivity index (χ2v) is 3.27. The fourth-order valence-electron chi connectivity index (χ4n) is 1.63. The minimum atomic E-state index is -0.908. The molecule has 0 bridgehead atoms. The van der Waals surface area contributed by atoms with Gasteiger partial charge in [0, 0.05) is 12.8 Å². The molecule has 1 aliphatic carbocycles. The Morgan fingerprint density at radius 1 is 1.50 bits per heavy atom. The van der Waals surface area contributed by atoms with Gasteiger partial charge in [-0.05, 0) is 18.4 Å². The van der Waals surface area contributed by atoms with Crippen molar-refractivity contribution in [1.29, 1.82) is 0 Å². The second-order valence-electron chi connectivity index (χ2n) is 3.27. The van der Waals surface area contributed by atoms with Gasteiger partial charge in [0.25, 0.3) is 0 Å². The molecule has 1 atom stereocenters. The smallest absolute Gasteiger partial charge is 0.165 e. The van der Waals surface area contributed by atoms with Gasteiger partial charge < -0.3 is 0 Å². The van der Waals surface area contributed by atoms with Crippen molar-refractivity contribution in [3.05, 3.63) is 35.4 Å². The summed E-state index contributed by atoms with van der Waals surface area (Å²) in [5.74, 6) is -0.941. The quantitative estimate of drug-likeness (QED) is 0.571. The molecule has 0 aliphatic heterocycles. The lowest BCUT2D eigenvalue weighted by Crippen LogP contribution is -2.19. The SMILES string of the molecule is [2H]C1(C)CCc2ccccc2C1=O. The molecular formula is C11H12O. The largest absolute Gasteiger partial charge is 0.294 e. The predicted octanol–water partition coefficient (Wildman–Crippen LogP) is 2.45. The maximum atomic E-state index is 11.8. The zero-order valence-corrected chi connectivity index (χ0v) is 7.13. The van der Waals surface area contributed by atoms with Crippen molar-refractivity contribution >= 4 is 5.78 Å². The molecule has 1 aromatic carbocycles. The zero-order chi connectivity index (χ0) is 9.47. The Balaban J connectivity index is 2.52. The summed E-state index contributed by atoms with van der Waals surface area (Å²) < 4.78 is 7.81. The van der Waals surface area contributed by atoms with Gasteiger partial charge in [-0.15, -0.1) is 0 Å². The lowest BCUT2D eigenvalue weighted by Gasteiger charge is -2.19. The van der Waals surface area contributed by atoms with Crippen LogP contribution in [-0.4, -0.2) is 5.78 Å². The number of carbonyl (C=O) groups excluding carboxylic acids is 1. The average Bonchev–Trinajstić information content (AvgIpc) is 2.13. The summed E-state index contributed by atoms with van der Waals surface area (Å²) in [6.07, 6.45) is 1.49. The number of fused-ring (bicyclic) bond motifs is 1. The van der Waals surface area contributed by atoms with Crippen LogP contribution in [0.2, 0.25) is 0 Å². The molecule has 0 saturated heterocycles. The molecule has 1 unspecified atom stereocenters. The van der Waals surface area contributed by atoms with E-state index in [2.05, 4.69) is 0 Å². The fraction of sp³-hybridized carbons (Fsp3) is 0.364. The van der Waals surface area contributed by atoms with Gasteiger partial charge in [0.15, 0.2) is 5.78 Å². The van der Waals surface area contributed by atoms with Crippen molar-refractivity contribution in [3.8, 4) is 0 Å². The Kier molecular flexibility index (Phi) is 1.46. The number of aryl methyl sites for hydroxylation is 1. The maximum Gasteiger partial charge on any atom is 0.165 e. The predicted molar refractivity (Wildman–Crippen MR) is 48.3 cm³/mol. The van der Waals surface area contributed by atoms with Crippen LogP contribution in [0.15, 0.2) is 24.3 Å². The third-order valence-electron chi connectivity index (χ3n) is 2.42. The van der Waals surface area contributed by atoms with Gasteiger partial charge in [0.2, 0.25) is 0 Å². The number of Topliss-reactive ketones (excluding diaryl/α,β-unsaturated/α-hetero) is 1. The highest BCUT2D eigenvalue weighted by Crippen LogP contribution is 2.24. The van der Waals surface area contributed by atoms with Crippen molar-refractivity contribution < 1.29 is 6.17 Å². The number of hydrogen-bond donors (Lipinski definition) is 0. The van der Waals surface area contributed by atoms with E-state index in [9.17, 15) is 4.79 Å². The molecule has 0 spiro atoms. The highest BCUT2D eigenvalue weighted by molar-refractivity contribution is 5.99. The van der Waals surface area contributed by atoms with Gasteiger partial charge in [0.1, 0.15) is 0 Å². The van der Waals surface area contributed by atoms with Crippen LogP contribution in [0.4, 0.5) is 0 Å². The summed E-state index contributed by atoms with van der Waals surface area (Å²) in [6, 6.07) is 7.60. The Labute approximate surface area is 73.8 Å². The Hall–Kier alpha value is -1.11. The van der Waals surface area contributed by atoms with Crippen molar-refractivity contribution in [1.82, 2.24) is 0 Å². The molecule has 1 aromatic rings. The molecule has 1 aliphatic rings. The minimum absolute atomic E-state index is 0.0330. The summed E-state index contributed by atoms with van der Waals surface area (Å²) >= 11 is 0. The summed E-state index contributed by atoms with van der Waals surface area (Å²) in [4.78, 5) is 11.8. The molecule has 1 nitrogen and oxygen atoms in total. The van der Waals surface area contributed by atoms with E-state index < -0.39 is 5.89 Å². The monoisotopic (exact) mass is 161 g/mol. The first-order chi connectivity index (χ1) is 6.11. The highest BCUT2D eigenvalue weighted by Gasteiger charge is 2.22. The minimum Gasteiger partial charge on any atom is -0.294 e. The third kappa shape index (κ3) is 1.06. The topological polar surface area (TPSA) is 17.1 Å². The number of hydrogen-bond acceptors (Lipinski definition) is 1. The first-order valence-corrected chi connectivity index (χ1v) is 4.24. The molecule has 2 rings (SSSR count). The summed E-state index contributed by atoms with van der Waals surface area (Å²) in [5.41, 5.74) is 1.84. The molecule has 62 valence electrons. The number of carbonyl (C=O) groups is 1. The number of benzene rings is 1. The lowest BCUT2D eigenvalue weighted by atomic mass is 9.84. The normalized spacial score (nSPS) is 29.4. The summed E-state index contributed by atoms with van der Waals surface area (Å²) in [7, 11) is 0. The van der Waals surface area contributed by atoms with E-state index in [1.165, 1.54) is 0 Å². The van der Waals surface area contributed by atoms with Crippen LogP contribution < -0.4 is 0 Å². The average molecular weight is 161 g/mol. The van der Waals surface area contributed by atoms with Crippen LogP contribution in [0.25, 0.3) is 0 Å². The van der Waals surface area contributed by atoms with Crippen LogP contribution in [0.1, 0.15) is 30.6 Å². The zero-order valence-electron chi connectivity index (χ0n) is 8.13. The van der Waals surface area contributed by atoms with Crippen LogP contribution in [-0.2, 0) is 6.42 Å². The van der Waals surface area contributed by atoms with E-state index in [1.54, 1.807) is 6.92 Å². The molecule has 0 aromatic heterocycles. The third-order valence-corrected chi connectivity index (χ3v) is 2.42. The van der Waals surface area contributed by atoms with Gasteiger partial charge in [0.05, 0.1) is 0 Å². The van der Waals surface area contributed by atoms with Gasteiger partial charge >= 0.3 is 0 Å². The summed E-state index contributed by atoms with van der Waals surface area (Å²) in [6.45, 7) is 1.70. The molecule has 12 heavy (non-hydrogen) atoms. The van der Waals surface area contributed by atoms with Crippen molar-refractivity contribution in [2.24, 2.45) is 5.89 Å². The fourth-order valence-corrected chi connectivity index (χ4v) is 1.63. The Morgan fingerprint density at radius 2 is 2.25 bits per heavy atom. The molecule has 0 saturated carbocycles.